The fraction of sp³-hybridized carbons (Fsp3) is 0.327. The van der Waals surface area contributed by atoms with Gasteiger partial charge in [0.1, 0.15) is 18.2 Å². The van der Waals surface area contributed by atoms with E-state index >= 15 is 0 Å². The standard InChI is InChI=1S/C49H49F3N8O7S/c1-30-44(67-29-57-30)34-8-6-31(7-9-34)25-56-45(64)41-23-39(61)27-58(41)43(63)26-55-42(62)28-66-21-5-4-20-54-36-15-10-32(11-16-36)33-12-17-37(18-13-33)60-47(68)59(46(65)48(60,2)3)38-19-14-35(24-53)40(22-38)49(50,51)52/h6-19,22,29,39,41,54,61H,4-5,20-21,23,25-28H2,1-3H3,(H,55,62)(H,56,64)/t39-,41+/m1/s1. The van der Waals surface area contributed by atoms with Crippen LogP contribution in [0.4, 0.5) is 30.2 Å². The van der Waals surface area contributed by atoms with Crippen molar-refractivity contribution in [2.45, 2.75) is 70.4 Å². The van der Waals surface area contributed by atoms with E-state index in [-0.39, 0.29) is 43.5 Å². The first kappa shape index (κ1) is 48.8. The zero-order valence-corrected chi connectivity index (χ0v) is 38.2. The molecule has 0 bridgehead atoms. The smallest absolute Gasteiger partial charge is 0.417 e. The van der Waals surface area contributed by atoms with Gasteiger partial charge in [0.15, 0.2) is 17.3 Å². The molecule has 354 valence electrons. The van der Waals surface area contributed by atoms with E-state index in [0.717, 1.165) is 57.1 Å². The normalized spacial score (nSPS) is 16.8. The highest BCUT2D eigenvalue weighted by Crippen LogP contribution is 2.40. The lowest BCUT2D eigenvalue weighted by molar-refractivity contribution is -0.139. The molecule has 2 aliphatic heterocycles. The minimum absolute atomic E-state index is 0.0103. The molecule has 2 fully saturated rings. The second-order valence-corrected chi connectivity index (χ2v) is 17.2. The van der Waals surface area contributed by atoms with Crippen LogP contribution in [-0.4, -0.2) is 94.3 Å². The molecule has 19 heteroatoms. The Morgan fingerprint density at radius 1 is 0.956 bits per heavy atom. The van der Waals surface area contributed by atoms with Crippen molar-refractivity contribution < 1.29 is 46.6 Å². The Morgan fingerprint density at radius 3 is 2.26 bits per heavy atom. The number of hydrogen-bond acceptors (Lipinski definition) is 11. The van der Waals surface area contributed by atoms with Gasteiger partial charge < -0.3 is 40.0 Å². The minimum atomic E-state index is -4.80. The summed E-state index contributed by atoms with van der Waals surface area (Å²) in [6.07, 6.45) is -2.78. The van der Waals surface area contributed by atoms with Gasteiger partial charge in [0.25, 0.3) is 5.91 Å². The number of likely N-dealkylation sites (tertiary alicyclic amines) is 1. The van der Waals surface area contributed by atoms with Crippen molar-refractivity contribution in [3.05, 3.63) is 120 Å². The van der Waals surface area contributed by atoms with Gasteiger partial charge >= 0.3 is 6.18 Å². The number of unbranched alkanes of at least 4 members (excludes halogenated alkanes) is 1. The molecule has 0 spiro atoms. The number of nitrogens with zero attached hydrogens (tertiary/aromatic N) is 5. The molecule has 0 radical (unpaired) electrons. The molecular formula is C49H49F3N8O7S. The van der Waals surface area contributed by atoms with Crippen molar-refractivity contribution in [3.8, 4) is 28.5 Å². The Hall–Kier alpha value is -7.14. The summed E-state index contributed by atoms with van der Waals surface area (Å²) < 4.78 is 52.2. The van der Waals surface area contributed by atoms with Crippen LogP contribution in [0.2, 0.25) is 0 Å². The third kappa shape index (κ3) is 11.0. The highest BCUT2D eigenvalue weighted by atomic mass is 32.1. The molecular weight excluding hydrogens is 902 g/mol. The van der Waals surface area contributed by atoms with Gasteiger partial charge in [0.05, 0.1) is 41.2 Å². The average molecular weight is 951 g/mol. The quantitative estimate of drug-likeness (QED) is 0.0569. The molecule has 4 N–H and O–H groups in total. The summed E-state index contributed by atoms with van der Waals surface area (Å²) in [5.74, 6) is -1.21. The first-order chi connectivity index (χ1) is 32.5. The number of anilines is 3. The molecule has 68 heavy (non-hydrogen) atoms. The van der Waals surface area contributed by atoms with Crippen molar-refractivity contribution in [1.82, 2.24) is 20.5 Å². The van der Waals surface area contributed by atoms with Crippen LogP contribution in [0.3, 0.4) is 0 Å². The number of β-amino-alcohol motifs (C(OH)–C–C–N with tert-alkyl or cyclic N) is 1. The van der Waals surface area contributed by atoms with Crippen LogP contribution in [0.25, 0.3) is 22.5 Å². The molecule has 2 saturated heterocycles. The summed E-state index contributed by atoms with van der Waals surface area (Å²) in [4.78, 5) is 60.2. The van der Waals surface area contributed by atoms with E-state index in [9.17, 15) is 42.7 Å². The molecule has 0 aliphatic carbocycles. The largest absolute Gasteiger partial charge is 0.443 e. The van der Waals surface area contributed by atoms with Crippen molar-refractivity contribution in [2.24, 2.45) is 0 Å². The van der Waals surface area contributed by atoms with Crippen molar-refractivity contribution in [1.29, 1.82) is 5.26 Å². The van der Waals surface area contributed by atoms with Gasteiger partial charge in [-0.1, -0.05) is 48.5 Å². The fourth-order valence-electron chi connectivity index (χ4n) is 8.09. The molecule has 4 amide bonds. The van der Waals surface area contributed by atoms with Gasteiger partial charge in [0.2, 0.25) is 17.7 Å². The van der Waals surface area contributed by atoms with Crippen LogP contribution in [-0.2, 0) is 36.6 Å². The average Bonchev–Trinajstić information content (AvgIpc) is 3.99. The molecule has 5 aromatic rings. The summed E-state index contributed by atoms with van der Waals surface area (Å²) in [7, 11) is 0. The number of amides is 4. The number of ether oxygens (including phenoxy) is 1. The number of nitriles is 1. The number of oxazole rings is 1. The van der Waals surface area contributed by atoms with Crippen molar-refractivity contribution in [2.75, 3.05) is 48.0 Å². The van der Waals surface area contributed by atoms with Crippen LogP contribution < -0.4 is 25.8 Å². The zero-order valence-electron chi connectivity index (χ0n) is 37.4. The van der Waals surface area contributed by atoms with Crippen LogP contribution in [0.1, 0.15) is 55.5 Å². The number of aliphatic hydroxyl groups excluding tert-OH is 1. The number of aromatic nitrogens is 1. The predicted octanol–water partition coefficient (Wildman–Crippen LogP) is 6.73. The first-order valence-corrected chi connectivity index (χ1v) is 22.2. The lowest BCUT2D eigenvalue weighted by atomic mass is 10.0. The molecule has 0 unspecified atom stereocenters. The van der Waals surface area contributed by atoms with E-state index in [2.05, 4.69) is 20.9 Å². The van der Waals surface area contributed by atoms with E-state index in [1.165, 1.54) is 17.4 Å². The van der Waals surface area contributed by atoms with E-state index in [4.69, 9.17) is 21.4 Å². The Kier molecular flexibility index (Phi) is 14.9. The van der Waals surface area contributed by atoms with Crippen LogP contribution >= 0.6 is 12.2 Å². The fourth-order valence-corrected chi connectivity index (χ4v) is 8.62. The topological polar surface area (TPSA) is 193 Å². The zero-order chi connectivity index (χ0) is 48.8. The Morgan fingerprint density at radius 2 is 1.62 bits per heavy atom. The number of rotatable bonds is 17. The number of benzene rings is 4. The Labute approximate surface area is 395 Å². The van der Waals surface area contributed by atoms with Crippen molar-refractivity contribution >= 4 is 58.0 Å². The predicted molar refractivity (Wildman–Crippen MR) is 251 cm³/mol. The number of carbonyl (C=O) groups excluding carboxylic acids is 4. The number of nitrogens with one attached hydrogen (secondary N) is 3. The number of alkyl halides is 3. The number of aliphatic hydroxyl groups is 1. The van der Waals surface area contributed by atoms with Gasteiger partial charge in [-0.25, -0.2) is 4.98 Å². The number of carbonyl (C=O) groups is 4. The summed E-state index contributed by atoms with van der Waals surface area (Å²) in [6, 6.07) is 26.3. The number of halogens is 3. The van der Waals surface area contributed by atoms with Crippen LogP contribution in [0.15, 0.2) is 102 Å². The molecule has 7 rings (SSSR count). The summed E-state index contributed by atoms with van der Waals surface area (Å²) in [5, 5.41) is 28.2. The molecule has 1 aromatic heterocycles. The number of thiocarbonyl (C=S) groups is 1. The maximum absolute atomic E-state index is 13.7. The van der Waals surface area contributed by atoms with Crippen LogP contribution in [0, 0.1) is 18.3 Å². The third-order valence-electron chi connectivity index (χ3n) is 11.7. The molecule has 0 saturated carbocycles. The summed E-state index contributed by atoms with van der Waals surface area (Å²) in [6.45, 7) is 5.71. The van der Waals surface area contributed by atoms with Gasteiger partial charge in [-0.3, -0.25) is 24.1 Å². The van der Waals surface area contributed by atoms with Gasteiger partial charge in [-0.2, -0.15) is 18.4 Å². The SMILES string of the molecule is Cc1ncoc1-c1ccc(CNC(=O)[C@@H]2C[C@@H](O)CN2C(=O)CNC(=O)COCCCCNc2ccc(-c3ccc(N4C(=S)N(c5ccc(C#N)c(C(F)(F)F)c5)C(=O)C4(C)C)cc3)cc2)cc1. The van der Waals surface area contributed by atoms with E-state index in [1.807, 2.05) is 67.6 Å². The summed E-state index contributed by atoms with van der Waals surface area (Å²) in [5.41, 5.74) is 2.74. The second kappa shape index (κ2) is 20.8. The second-order valence-electron chi connectivity index (χ2n) is 16.9. The van der Waals surface area contributed by atoms with E-state index in [0.29, 0.717) is 31.0 Å². The highest BCUT2D eigenvalue weighted by molar-refractivity contribution is 7.81. The van der Waals surface area contributed by atoms with E-state index < -0.39 is 58.6 Å². The Bertz CT molecular complexity index is 2700. The summed E-state index contributed by atoms with van der Waals surface area (Å²) >= 11 is 5.66. The monoisotopic (exact) mass is 950 g/mol. The molecule has 2 atom stereocenters. The number of hydrogen-bond donors (Lipinski definition) is 4. The maximum atomic E-state index is 13.7. The maximum Gasteiger partial charge on any atom is 0.417 e. The van der Waals surface area contributed by atoms with Gasteiger partial charge in [-0.15, -0.1) is 0 Å². The molecule has 2 aliphatic rings. The Balaban J connectivity index is 0.798. The highest BCUT2D eigenvalue weighted by Gasteiger charge is 2.51. The molecule has 3 heterocycles. The molecule has 15 nitrogen and oxygen atoms in total. The van der Waals surface area contributed by atoms with Crippen molar-refractivity contribution in [3.63, 3.8) is 0 Å². The lowest BCUT2D eigenvalue weighted by Crippen LogP contribution is -2.49. The first-order valence-electron chi connectivity index (χ1n) is 21.8. The van der Waals surface area contributed by atoms with Gasteiger partial charge in [0, 0.05) is 49.6 Å². The minimum Gasteiger partial charge on any atom is -0.443 e. The number of aryl methyl sites for hydroxylation is 1. The van der Waals surface area contributed by atoms with Gasteiger partial charge in [-0.05, 0) is 105 Å². The lowest BCUT2D eigenvalue weighted by Gasteiger charge is -2.29. The van der Waals surface area contributed by atoms with Crippen LogP contribution in [0.5, 0.6) is 0 Å². The molecule has 4 aromatic carbocycles. The van der Waals surface area contributed by atoms with E-state index in [1.54, 1.807) is 36.9 Å². The third-order valence-corrected chi connectivity index (χ3v) is 12.1.